The maximum atomic E-state index is 11.2. The van der Waals surface area contributed by atoms with E-state index in [9.17, 15) is 9.59 Å². The van der Waals surface area contributed by atoms with E-state index in [1.807, 2.05) is 0 Å². The van der Waals surface area contributed by atoms with Crippen molar-refractivity contribution in [2.24, 2.45) is 0 Å². The van der Waals surface area contributed by atoms with Crippen molar-refractivity contribution in [3.8, 4) is 0 Å². The smallest absolute Gasteiger partial charge is 0.337 e. The molecule has 1 heterocycles. The van der Waals surface area contributed by atoms with Gasteiger partial charge in [0, 0.05) is 18.2 Å². The number of carboxylic acid groups (broad SMARTS) is 1. The lowest BCUT2D eigenvalue weighted by Gasteiger charge is -1.97. The summed E-state index contributed by atoms with van der Waals surface area (Å²) in [6.07, 6.45) is 2.37. The number of carboxylic acids is 1. The van der Waals surface area contributed by atoms with Crippen molar-refractivity contribution in [2.45, 2.75) is 12.8 Å². The number of hydrogen-bond acceptors (Lipinski definition) is 3. The molecule has 0 saturated carbocycles. The quantitative estimate of drug-likeness (QED) is 0.692. The van der Waals surface area contributed by atoms with E-state index in [1.165, 1.54) is 12.3 Å². The number of fused-ring (bicyclic) bond motifs is 1. The molecule has 0 aliphatic heterocycles. The molecule has 1 aliphatic rings. The van der Waals surface area contributed by atoms with E-state index in [2.05, 4.69) is 4.98 Å². The molecule has 0 radical (unpaired) electrons. The number of carbonyl (C=O) groups is 2. The van der Waals surface area contributed by atoms with Crippen molar-refractivity contribution >= 4 is 11.8 Å². The molecule has 1 aromatic heterocycles. The summed E-state index contributed by atoms with van der Waals surface area (Å²) < 4.78 is 0. The van der Waals surface area contributed by atoms with Gasteiger partial charge in [-0.1, -0.05) is 0 Å². The first kappa shape index (κ1) is 7.91. The number of nitrogens with zero attached hydrogens (tertiary/aromatic N) is 1. The largest absolute Gasteiger partial charge is 0.478 e. The molecule has 0 amide bonds. The second-order valence-electron chi connectivity index (χ2n) is 2.95. The van der Waals surface area contributed by atoms with Gasteiger partial charge in [0.25, 0.3) is 0 Å². The minimum atomic E-state index is -1.05. The first-order chi connectivity index (χ1) is 6.18. The van der Waals surface area contributed by atoms with Crippen LogP contribution in [0.15, 0.2) is 12.3 Å². The number of Topliss-reactive ketones (excluding diaryl/α,β-unsaturated/α-hetero) is 1. The van der Waals surface area contributed by atoms with Crippen molar-refractivity contribution in [3.63, 3.8) is 0 Å². The first-order valence-corrected chi connectivity index (χ1v) is 3.94. The number of ketones is 1. The summed E-state index contributed by atoms with van der Waals surface area (Å²) in [6, 6.07) is 1.40. The molecule has 1 N–H and O–H groups in total. The fourth-order valence-corrected chi connectivity index (χ4v) is 1.42. The van der Waals surface area contributed by atoms with Crippen LogP contribution < -0.4 is 0 Å². The highest BCUT2D eigenvalue weighted by molar-refractivity contribution is 6.01. The van der Waals surface area contributed by atoms with E-state index in [4.69, 9.17) is 5.11 Å². The van der Waals surface area contributed by atoms with Gasteiger partial charge >= 0.3 is 5.97 Å². The molecule has 0 atom stereocenters. The van der Waals surface area contributed by atoms with Gasteiger partial charge in [-0.25, -0.2) is 4.79 Å². The van der Waals surface area contributed by atoms with Crippen molar-refractivity contribution in [1.82, 2.24) is 4.98 Å². The third-order valence-corrected chi connectivity index (χ3v) is 2.11. The summed E-state index contributed by atoms with van der Waals surface area (Å²) in [6.45, 7) is 0. The molecule has 0 fully saturated rings. The van der Waals surface area contributed by atoms with Crippen LogP contribution >= 0.6 is 0 Å². The molecular weight excluding hydrogens is 170 g/mol. The summed E-state index contributed by atoms with van der Waals surface area (Å²) in [5.41, 5.74) is 1.27. The van der Waals surface area contributed by atoms with Crippen LogP contribution in [-0.2, 0) is 6.42 Å². The Bertz CT molecular complexity index is 398. The highest BCUT2D eigenvalue weighted by Crippen LogP contribution is 2.20. The molecule has 0 aromatic carbocycles. The Morgan fingerprint density at radius 3 is 2.92 bits per heavy atom. The van der Waals surface area contributed by atoms with E-state index < -0.39 is 5.97 Å². The minimum Gasteiger partial charge on any atom is -0.478 e. The highest BCUT2D eigenvalue weighted by atomic mass is 16.4. The molecule has 4 heteroatoms. The molecule has 1 aliphatic carbocycles. The Hall–Kier alpha value is -1.71. The maximum absolute atomic E-state index is 11.2. The fraction of sp³-hybridized carbons (Fsp3) is 0.222. The summed E-state index contributed by atoms with van der Waals surface area (Å²) in [4.78, 5) is 25.7. The van der Waals surface area contributed by atoms with Gasteiger partial charge in [0.2, 0.25) is 0 Å². The SMILES string of the molecule is O=C(O)c1cnc2c(c1)C(=O)CC2. The van der Waals surface area contributed by atoms with Crippen molar-refractivity contribution in [1.29, 1.82) is 0 Å². The monoisotopic (exact) mass is 177 g/mol. The second kappa shape index (κ2) is 2.65. The van der Waals surface area contributed by atoms with E-state index in [0.29, 0.717) is 18.4 Å². The summed E-state index contributed by atoms with van der Waals surface area (Å²) in [5.74, 6) is -1.05. The predicted molar refractivity (Wildman–Crippen MR) is 43.8 cm³/mol. The Kier molecular flexibility index (Phi) is 1.62. The molecule has 0 bridgehead atoms. The molecule has 1 aromatic rings. The molecule has 4 nitrogen and oxygen atoms in total. The van der Waals surface area contributed by atoms with Gasteiger partial charge in [0.15, 0.2) is 5.78 Å². The Balaban J connectivity index is 2.54. The zero-order valence-corrected chi connectivity index (χ0v) is 6.78. The Morgan fingerprint density at radius 2 is 2.23 bits per heavy atom. The van der Waals surface area contributed by atoms with Crippen LogP contribution in [0.25, 0.3) is 0 Å². The molecular formula is C9H7NO3. The van der Waals surface area contributed by atoms with E-state index in [-0.39, 0.29) is 11.3 Å². The molecule has 0 saturated heterocycles. The minimum absolute atomic E-state index is 0.00870. The third kappa shape index (κ3) is 1.20. The van der Waals surface area contributed by atoms with E-state index in [0.717, 1.165) is 5.69 Å². The van der Waals surface area contributed by atoms with Crippen LogP contribution in [0, 0.1) is 0 Å². The topological polar surface area (TPSA) is 67.3 Å². The summed E-state index contributed by atoms with van der Waals surface area (Å²) in [7, 11) is 0. The molecule has 13 heavy (non-hydrogen) atoms. The number of pyridine rings is 1. The summed E-state index contributed by atoms with van der Waals surface area (Å²) >= 11 is 0. The number of aryl methyl sites for hydroxylation is 1. The van der Waals surface area contributed by atoms with Gasteiger partial charge in [0.05, 0.1) is 11.3 Å². The van der Waals surface area contributed by atoms with Crippen LogP contribution in [-0.4, -0.2) is 21.8 Å². The van der Waals surface area contributed by atoms with Crippen molar-refractivity contribution in [3.05, 3.63) is 29.1 Å². The number of rotatable bonds is 1. The lowest BCUT2D eigenvalue weighted by atomic mass is 10.1. The number of hydrogen-bond donors (Lipinski definition) is 1. The Morgan fingerprint density at radius 1 is 1.46 bits per heavy atom. The van der Waals surface area contributed by atoms with Gasteiger partial charge in [-0.05, 0) is 12.5 Å². The summed E-state index contributed by atoms with van der Waals surface area (Å²) in [5, 5.41) is 8.65. The number of aromatic nitrogens is 1. The average molecular weight is 177 g/mol. The number of aromatic carboxylic acids is 1. The Labute approximate surface area is 74.2 Å². The van der Waals surface area contributed by atoms with Gasteiger partial charge in [-0.3, -0.25) is 9.78 Å². The highest BCUT2D eigenvalue weighted by Gasteiger charge is 2.21. The van der Waals surface area contributed by atoms with Crippen molar-refractivity contribution < 1.29 is 14.7 Å². The molecule has 0 spiro atoms. The zero-order valence-electron chi connectivity index (χ0n) is 6.78. The zero-order chi connectivity index (χ0) is 9.42. The van der Waals surface area contributed by atoms with Crippen LogP contribution in [0.3, 0.4) is 0 Å². The van der Waals surface area contributed by atoms with Crippen LogP contribution in [0.1, 0.15) is 32.8 Å². The van der Waals surface area contributed by atoms with Crippen LogP contribution in [0.2, 0.25) is 0 Å². The molecule has 0 unspecified atom stereocenters. The van der Waals surface area contributed by atoms with Gasteiger partial charge < -0.3 is 5.11 Å². The normalized spacial score (nSPS) is 14.3. The molecule has 66 valence electrons. The van der Waals surface area contributed by atoms with Gasteiger partial charge in [-0.2, -0.15) is 0 Å². The lowest BCUT2D eigenvalue weighted by molar-refractivity contribution is 0.0696. The predicted octanol–water partition coefficient (Wildman–Crippen LogP) is 0.909. The molecule has 2 rings (SSSR count). The van der Waals surface area contributed by atoms with Crippen LogP contribution in [0.4, 0.5) is 0 Å². The average Bonchev–Trinajstić information content (AvgIpc) is 2.47. The fourth-order valence-electron chi connectivity index (χ4n) is 1.42. The standard InChI is InChI=1S/C9H7NO3/c11-8-2-1-7-6(8)3-5(4-10-7)9(12)13/h3-4H,1-2H2,(H,12,13). The lowest BCUT2D eigenvalue weighted by Crippen LogP contribution is -2.01. The van der Waals surface area contributed by atoms with Crippen molar-refractivity contribution in [2.75, 3.05) is 0 Å². The van der Waals surface area contributed by atoms with Gasteiger partial charge in [-0.15, -0.1) is 0 Å². The van der Waals surface area contributed by atoms with Crippen LogP contribution in [0.5, 0.6) is 0 Å². The van der Waals surface area contributed by atoms with E-state index >= 15 is 0 Å². The van der Waals surface area contributed by atoms with Gasteiger partial charge in [0.1, 0.15) is 0 Å². The third-order valence-electron chi connectivity index (χ3n) is 2.11. The van der Waals surface area contributed by atoms with E-state index in [1.54, 1.807) is 0 Å². The number of carbonyl (C=O) groups excluding carboxylic acids is 1. The first-order valence-electron chi connectivity index (χ1n) is 3.94. The maximum Gasteiger partial charge on any atom is 0.337 e. The second-order valence-corrected chi connectivity index (χ2v) is 2.95.